The van der Waals surface area contributed by atoms with Gasteiger partial charge in [0, 0.05) is 0 Å². The van der Waals surface area contributed by atoms with Crippen molar-refractivity contribution in [3.63, 3.8) is 0 Å². The van der Waals surface area contributed by atoms with Gasteiger partial charge in [-0.25, -0.2) is 0 Å². The van der Waals surface area contributed by atoms with E-state index in [1.54, 1.807) is 12.1 Å². The highest BCUT2D eigenvalue weighted by Crippen LogP contribution is 2.23. The van der Waals surface area contributed by atoms with Gasteiger partial charge in [-0.1, -0.05) is 30.3 Å². The third-order valence-electron chi connectivity index (χ3n) is 3.63. The van der Waals surface area contributed by atoms with Crippen LogP contribution in [0.25, 0.3) is 11.0 Å². The number of nitrogens with two attached hydrogens (primary N) is 1. The second kappa shape index (κ2) is 5.03. The van der Waals surface area contributed by atoms with Crippen LogP contribution in [0.5, 0.6) is 0 Å². The number of hydrogen-bond acceptors (Lipinski definition) is 3. The number of fused-ring (bicyclic) bond motifs is 1. The van der Waals surface area contributed by atoms with Gasteiger partial charge in [-0.2, -0.15) is 0 Å². The summed E-state index contributed by atoms with van der Waals surface area (Å²) < 4.78 is 0. The Morgan fingerprint density at radius 2 is 1.62 bits per heavy atom. The lowest BCUT2D eigenvalue weighted by molar-refractivity contribution is 0.862. The van der Waals surface area contributed by atoms with Crippen LogP contribution in [0.1, 0.15) is 22.7 Å². The molecule has 1 aromatic heterocycles. The van der Waals surface area contributed by atoms with E-state index in [9.17, 15) is 9.59 Å². The number of aromatic nitrogens is 2. The Balaban J connectivity index is 2.13. The molecule has 5 heteroatoms. The van der Waals surface area contributed by atoms with Crippen molar-refractivity contribution >= 4 is 11.0 Å². The monoisotopic (exact) mass is 281 g/mol. The summed E-state index contributed by atoms with van der Waals surface area (Å²) in [7, 11) is 0. The fraction of sp³-hybridized carbons (Fsp3) is 0.125. The van der Waals surface area contributed by atoms with Gasteiger partial charge in [0.05, 0.1) is 17.1 Å². The van der Waals surface area contributed by atoms with Gasteiger partial charge in [0.2, 0.25) is 0 Å². The Kier molecular flexibility index (Phi) is 3.19. The van der Waals surface area contributed by atoms with E-state index in [0.717, 1.165) is 16.7 Å². The minimum Gasteiger partial charge on any atom is -0.320 e. The molecular formula is C16H15N3O2. The lowest BCUT2D eigenvalue weighted by Crippen LogP contribution is -2.29. The Morgan fingerprint density at radius 1 is 0.952 bits per heavy atom. The molecule has 1 heterocycles. The third-order valence-corrected chi connectivity index (χ3v) is 3.63. The second-order valence-corrected chi connectivity index (χ2v) is 5.05. The molecule has 5 nitrogen and oxygen atoms in total. The first-order valence-electron chi connectivity index (χ1n) is 6.63. The molecule has 2 aromatic carbocycles. The number of aromatic amines is 2. The highest BCUT2D eigenvalue weighted by Gasteiger charge is 2.12. The summed E-state index contributed by atoms with van der Waals surface area (Å²) in [6, 6.07) is 13.0. The van der Waals surface area contributed by atoms with E-state index < -0.39 is 11.1 Å². The molecule has 0 spiro atoms. The molecule has 0 aliphatic rings. The minimum atomic E-state index is -0.663. The van der Waals surface area contributed by atoms with Crippen LogP contribution in [0.2, 0.25) is 0 Å². The quantitative estimate of drug-likeness (QED) is 0.623. The molecular weight excluding hydrogens is 266 g/mol. The van der Waals surface area contributed by atoms with E-state index in [1.165, 1.54) is 0 Å². The normalized spacial score (nSPS) is 12.5. The molecule has 21 heavy (non-hydrogen) atoms. The number of benzene rings is 2. The smallest absolute Gasteiger partial charge is 0.314 e. The van der Waals surface area contributed by atoms with Gasteiger partial charge in [0.15, 0.2) is 0 Å². The van der Waals surface area contributed by atoms with Crippen LogP contribution in [0.15, 0.2) is 52.1 Å². The standard InChI is InChI=1S/C16H15N3O2/c1-9-4-2-3-5-11(9)14(17)10-6-7-12-13(8-10)19-16(21)15(20)18-12/h2-8,14H,17H2,1H3,(H,18,20)(H,19,21). The van der Waals surface area contributed by atoms with Crippen LogP contribution >= 0.6 is 0 Å². The molecule has 0 saturated heterocycles. The summed E-state index contributed by atoms with van der Waals surface area (Å²) in [4.78, 5) is 27.8. The van der Waals surface area contributed by atoms with Gasteiger partial charge in [-0.3, -0.25) is 9.59 Å². The van der Waals surface area contributed by atoms with Crippen molar-refractivity contribution in [1.29, 1.82) is 0 Å². The van der Waals surface area contributed by atoms with E-state index in [2.05, 4.69) is 9.97 Å². The molecule has 0 bridgehead atoms. The average molecular weight is 281 g/mol. The lowest BCUT2D eigenvalue weighted by atomic mass is 9.95. The molecule has 0 amide bonds. The van der Waals surface area contributed by atoms with E-state index >= 15 is 0 Å². The first kappa shape index (κ1) is 13.3. The molecule has 3 rings (SSSR count). The molecule has 4 N–H and O–H groups in total. The summed E-state index contributed by atoms with van der Waals surface area (Å²) in [5.74, 6) is 0. The molecule has 106 valence electrons. The molecule has 0 aliphatic carbocycles. The maximum absolute atomic E-state index is 11.4. The number of hydrogen-bond donors (Lipinski definition) is 3. The van der Waals surface area contributed by atoms with E-state index in [4.69, 9.17) is 5.73 Å². The zero-order chi connectivity index (χ0) is 15.0. The first-order chi connectivity index (χ1) is 10.1. The molecule has 3 aromatic rings. The Morgan fingerprint density at radius 3 is 2.33 bits per heavy atom. The van der Waals surface area contributed by atoms with Crippen LogP contribution in [0.4, 0.5) is 0 Å². The van der Waals surface area contributed by atoms with Gasteiger partial charge in [0.25, 0.3) is 0 Å². The van der Waals surface area contributed by atoms with Crippen molar-refractivity contribution in [2.24, 2.45) is 5.73 Å². The largest absolute Gasteiger partial charge is 0.320 e. The zero-order valence-electron chi connectivity index (χ0n) is 11.5. The summed E-state index contributed by atoms with van der Waals surface area (Å²) in [6.07, 6.45) is 0. The SMILES string of the molecule is Cc1ccccc1C(N)c1ccc2[nH]c(=O)c(=O)[nH]c2c1. The highest BCUT2D eigenvalue weighted by molar-refractivity contribution is 5.74. The lowest BCUT2D eigenvalue weighted by Gasteiger charge is -2.15. The van der Waals surface area contributed by atoms with Crippen molar-refractivity contribution in [3.05, 3.63) is 79.9 Å². The number of rotatable bonds is 2. The Bertz CT molecular complexity index is 924. The zero-order valence-corrected chi connectivity index (χ0v) is 11.5. The van der Waals surface area contributed by atoms with Crippen molar-refractivity contribution in [2.45, 2.75) is 13.0 Å². The fourth-order valence-electron chi connectivity index (χ4n) is 2.44. The number of H-pyrrole nitrogens is 2. The molecule has 0 fully saturated rings. The predicted octanol–water partition coefficient (Wildman–Crippen LogP) is 1.57. The van der Waals surface area contributed by atoms with E-state index in [0.29, 0.717) is 11.0 Å². The summed E-state index contributed by atoms with van der Waals surface area (Å²) >= 11 is 0. The maximum atomic E-state index is 11.4. The minimum absolute atomic E-state index is 0.286. The van der Waals surface area contributed by atoms with Crippen molar-refractivity contribution < 1.29 is 0 Å². The molecule has 0 radical (unpaired) electrons. The molecule has 1 atom stereocenters. The van der Waals surface area contributed by atoms with Gasteiger partial charge < -0.3 is 15.7 Å². The second-order valence-electron chi connectivity index (χ2n) is 5.05. The van der Waals surface area contributed by atoms with Gasteiger partial charge in [-0.15, -0.1) is 0 Å². The maximum Gasteiger partial charge on any atom is 0.314 e. The van der Waals surface area contributed by atoms with Crippen LogP contribution in [0, 0.1) is 6.92 Å². The topological polar surface area (TPSA) is 91.7 Å². The van der Waals surface area contributed by atoms with Gasteiger partial charge >= 0.3 is 11.1 Å². The van der Waals surface area contributed by atoms with Gasteiger partial charge in [0.1, 0.15) is 0 Å². The third kappa shape index (κ3) is 2.39. The Labute approximate surface area is 120 Å². The van der Waals surface area contributed by atoms with Crippen LogP contribution in [-0.4, -0.2) is 9.97 Å². The van der Waals surface area contributed by atoms with Crippen LogP contribution in [0.3, 0.4) is 0 Å². The van der Waals surface area contributed by atoms with Crippen LogP contribution < -0.4 is 16.9 Å². The molecule has 1 unspecified atom stereocenters. The highest BCUT2D eigenvalue weighted by atomic mass is 16.2. The molecule has 0 saturated carbocycles. The molecule has 0 aliphatic heterocycles. The summed E-state index contributed by atoms with van der Waals surface area (Å²) in [6.45, 7) is 2.01. The van der Waals surface area contributed by atoms with Crippen molar-refractivity contribution in [1.82, 2.24) is 9.97 Å². The van der Waals surface area contributed by atoms with Gasteiger partial charge in [-0.05, 0) is 35.7 Å². The average Bonchev–Trinajstić information content (AvgIpc) is 2.48. The number of aryl methyl sites for hydroxylation is 1. The summed E-state index contributed by atoms with van der Waals surface area (Å²) in [5, 5.41) is 0. The predicted molar refractivity (Wildman–Crippen MR) is 82.4 cm³/mol. The Hall–Kier alpha value is -2.66. The summed E-state index contributed by atoms with van der Waals surface area (Å²) in [5.41, 5.74) is 9.17. The fourth-order valence-corrected chi connectivity index (χ4v) is 2.44. The van der Waals surface area contributed by atoms with E-state index in [1.807, 2.05) is 37.3 Å². The number of nitrogens with one attached hydrogen (secondary N) is 2. The van der Waals surface area contributed by atoms with Crippen molar-refractivity contribution in [2.75, 3.05) is 0 Å². The van der Waals surface area contributed by atoms with E-state index in [-0.39, 0.29) is 6.04 Å². The first-order valence-corrected chi connectivity index (χ1v) is 6.63. The van der Waals surface area contributed by atoms with Crippen LogP contribution in [-0.2, 0) is 0 Å². The van der Waals surface area contributed by atoms with Crippen molar-refractivity contribution in [3.8, 4) is 0 Å².